The molecule has 0 aliphatic heterocycles. The number of halogens is 1. The van der Waals surface area contributed by atoms with Gasteiger partial charge in [0.05, 0.1) is 23.2 Å². The lowest BCUT2D eigenvalue weighted by Crippen LogP contribution is -2.38. The van der Waals surface area contributed by atoms with Gasteiger partial charge in [-0.25, -0.2) is 0 Å². The van der Waals surface area contributed by atoms with Crippen molar-refractivity contribution in [2.24, 2.45) is 5.92 Å². The van der Waals surface area contributed by atoms with Crippen LogP contribution < -0.4 is 10.6 Å². The standard InChI is InChI=1S/C15H21ClN2O3/c1-9(2)6-12(8-19)18-15(21)13-7-11(17-10(3)20)4-5-14(13)16/h4-5,7,9,12,19H,6,8H2,1-3H3,(H,17,20)(H,18,21). The van der Waals surface area contributed by atoms with E-state index in [-0.39, 0.29) is 30.0 Å². The molecule has 0 saturated heterocycles. The van der Waals surface area contributed by atoms with Gasteiger partial charge in [0.15, 0.2) is 0 Å². The van der Waals surface area contributed by atoms with Crippen molar-refractivity contribution in [2.45, 2.75) is 33.2 Å². The zero-order valence-corrected chi connectivity index (χ0v) is 13.2. The highest BCUT2D eigenvalue weighted by atomic mass is 35.5. The maximum absolute atomic E-state index is 12.2. The van der Waals surface area contributed by atoms with E-state index in [0.717, 1.165) is 0 Å². The highest BCUT2D eigenvalue weighted by Gasteiger charge is 2.17. The Bertz CT molecular complexity index is 518. The van der Waals surface area contributed by atoms with Crippen LogP contribution in [0.4, 0.5) is 5.69 Å². The average Bonchev–Trinajstić information content (AvgIpc) is 2.38. The van der Waals surface area contributed by atoms with Crippen LogP contribution >= 0.6 is 11.6 Å². The van der Waals surface area contributed by atoms with Gasteiger partial charge >= 0.3 is 0 Å². The Hall–Kier alpha value is -1.59. The van der Waals surface area contributed by atoms with Crippen LogP contribution in [-0.2, 0) is 4.79 Å². The van der Waals surface area contributed by atoms with Gasteiger partial charge in [-0.1, -0.05) is 25.4 Å². The molecule has 2 amide bonds. The van der Waals surface area contributed by atoms with Gasteiger partial charge in [0, 0.05) is 12.6 Å². The first-order valence-corrected chi connectivity index (χ1v) is 7.20. The van der Waals surface area contributed by atoms with E-state index in [1.165, 1.54) is 13.0 Å². The molecule has 0 aliphatic carbocycles. The van der Waals surface area contributed by atoms with Crippen LogP contribution in [-0.4, -0.2) is 29.6 Å². The number of aliphatic hydroxyl groups is 1. The quantitative estimate of drug-likeness (QED) is 0.755. The van der Waals surface area contributed by atoms with Crippen molar-refractivity contribution < 1.29 is 14.7 Å². The molecular weight excluding hydrogens is 292 g/mol. The van der Waals surface area contributed by atoms with Crippen LogP contribution in [0, 0.1) is 5.92 Å². The van der Waals surface area contributed by atoms with Gasteiger partial charge in [0.2, 0.25) is 5.91 Å². The van der Waals surface area contributed by atoms with E-state index in [1.807, 2.05) is 13.8 Å². The van der Waals surface area contributed by atoms with Crippen molar-refractivity contribution in [3.8, 4) is 0 Å². The Morgan fingerprint density at radius 2 is 2.00 bits per heavy atom. The van der Waals surface area contributed by atoms with Gasteiger partial charge in [-0.2, -0.15) is 0 Å². The normalized spacial score (nSPS) is 12.1. The van der Waals surface area contributed by atoms with Crippen LogP contribution in [0.1, 0.15) is 37.6 Å². The zero-order chi connectivity index (χ0) is 16.0. The largest absolute Gasteiger partial charge is 0.394 e. The highest BCUT2D eigenvalue weighted by Crippen LogP contribution is 2.21. The van der Waals surface area contributed by atoms with E-state index < -0.39 is 0 Å². The Morgan fingerprint density at radius 1 is 1.33 bits per heavy atom. The van der Waals surface area contributed by atoms with Crippen molar-refractivity contribution in [3.63, 3.8) is 0 Å². The number of nitrogens with one attached hydrogen (secondary N) is 2. The summed E-state index contributed by atoms with van der Waals surface area (Å²) in [5, 5.41) is 15.0. The first-order chi connectivity index (χ1) is 9.83. The van der Waals surface area contributed by atoms with Gasteiger partial charge < -0.3 is 15.7 Å². The zero-order valence-electron chi connectivity index (χ0n) is 12.4. The molecule has 3 N–H and O–H groups in total. The van der Waals surface area contributed by atoms with Crippen molar-refractivity contribution in [1.82, 2.24) is 5.32 Å². The summed E-state index contributed by atoms with van der Waals surface area (Å²) in [6.45, 7) is 5.28. The Morgan fingerprint density at radius 3 is 2.52 bits per heavy atom. The number of benzene rings is 1. The number of hydrogen-bond acceptors (Lipinski definition) is 3. The number of carbonyl (C=O) groups is 2. The minimum absolute atomic E-state index is 0.132. The van der Waals surface area contributed by atoms with Crippen LogP contribution in [0.3, 0.4) is 0 Å². The molecule has 0 aliphatic rings. The lowest BCUT2D eigenvalue weighted by molar-refractivity contribution is -0.114. The van der Waals surface area contributed by atoms with Crippen molar-refractivity contribution in [3.05, 3.63) is 28.8 Å². The second-order valence-corrected chi connectivity index (χ2v) is 5.77. The summed E-state index contributed by atoms with van der Waals surface area (Å²) in [7, 11) is 0. The monoisotopic (exact) mass is 312 g/mol. The molecule has 0 radical (unpaired) electrons. The molecule has 0 spiro atoms. The molecule has 0 aromatic heterocycles. The lowest BCUT2D eigenvalue weighted by Gasteiger charge is -2.19. The molecule has 5 nitrogen and oxygen atoms in total. The first-order valence-electron chi connectivity index (χ1n) is 6.82. The minimum Gasteiger partial charge on any atom is -0.394 e. The van der Waals surface area contributed by atoms with Gasteiger partial charge in [0.25, 0.3) is 5.91 Å². The molecule has 116 valence electrons. The third kappa shape index (κ3) is 5.73. The Kier molecular flexibility index (Phi) is 6.65. The summed E-state index contributed by atoms with van der Waals surface area (Å²) in [4.78, 5) is 23.3. The lowest BCUT2D eigenvalue weighted by atomic mass is 10.0. The van der Waals surface area contributed by atoms with Crippen molar-refractivity contribution in [2.75, 3.05) is 11.9 Å². The number of amides is 2. The third-order valence-electron chi connectivity index (χ3n) is 2.84. The molecule has 0 fully saturated rings. The predicted octanol–water partition coefficient (Wildman–Crippen LogP) is 2.44. The Balaban J connectivity index is 2.87. The number of anilines is 1. The first kappa shape index (κ1) is 17.5. The van der Waals surface area contributed by atoms with Crippen LogP contribution in [0.2, 0.25) is 5.02 Å². The van der Waals surface area contributed by atoms with E-state index in [2.05, 4.69) is 10.6 Å². The second kappa shape index (κ2) is 8.00. The summed E-state index contributed by atoms with van der Waals surface area (Å²) in [6, 6.07) is 4.37. The minimum atomic E-state index is -0.369. The molecule has 1 aromatic carbocycles. The topological polar surface area (TPSA) is 78.4 Å². The summed E-state index contributed by atoms with van der Waals surface area (Å²) < 4.78 is 0. The maximum Gasteiger partial charge on any atom is 0.253 e. The smallest absolute Gasteiger partial charge is 0.253 e. The number of rotatable bonds is 6. The third-order valence-corrected chi connectivity index (χ3v) is 3.17. The average molecular weight is 313 g/mol. The van der Waals surface area contributed by atoms with E-state index >= 15 is 0 Å². The molecule has 1 unspecified atom stereocenters. The molecule has 1 rings (SSSR count). The fourth-order valence-corrected chi connectivity index (χ4v) is 2.19. The Labute approximate surface area is 129 Å². The number of carbonyl (C=O) groups excluding carboxylic acids is 2. The molecule has 0 saturated carbocycles. The van der Waals surface area contributed by atoms with Crippen LogP contribution in [0.5, 0.6) is 0 Å². The van der Waals surface area contributed by atoms with E-state index in [9.17, 15) is 14.7 Å². The van der Waals surface area contributed by atoms with E-state index in [4.69, 9.17) is 11.6 Å². The van der Waals surface area contributed by atoms with Gasteiger partial charge in [-0.15, -0.1) is 0 Å². The van der Waals surface area contributed by atoms with Crippen molar-refractivity contribution in [1.29, 1.82) is 0 Å². The van der Waals surface area contributed by atoms with Gasteiger partial charge in [0.1, 0.15) is 0 Å². The number of aliphatic hydroxyl groups excluding tert-OH is 1. The molecule has 6 heteroatoms. The molecule has 0 heterocycles. The number of hydrogen-bond donors (Lipinski definition) is 3. The van der Waals surface area contributed by atoms with E-state index in [1.54, 1.807) is 12.1 Å². The summed E-state index contributed by atoms with van der Waals surface area (Å²) in [6.07, 6.45) is 0.672. The summed E-state index contributed by atoms with van der Waals surface area (Å²) in [5.41, 5.74) is 0.770. The fraction of sp³-hybridized carbons (Fsp3) is 0.467. The van der Waals surface area contributed by atoms with Gasteiger partial charge in [-0.3, -0.25) is 9.59 Å². The molecule has 1 atom stereocenters. The second-order valence-electron chi connectivity index (χ2n) is 5.36. The van der Waals surface area contributed by atoms with Crippen LogP contribution in [0.15, 0.2) is 18.2 Å². The van der Waals surface area contributed by atoms with Crippen LogP contribution in [0.25, 0.3) is 0 Å². The molecule has 0 bridgehead atoms. The summed E-state index contributed by atoms with van der Waals surface area (Å²) in [5.74, 6) is -0.243. The molecule has 1 aromatic rings. The van der Waals surface area contributed by atoms with Gasteiger partial charge in [-0.05, 0) is 30.5 Å². The highest BCUT2D eigenvalue weighted by molar-refractivity contribution is 6.34. The molecule has 21 heavy (non-hydrogen) atoms. The maximum atomic E-state index is 12.2. The molecular formula is C15H21ClN2O3. The van der Waals surface area contributed by atoms with Crippen molar-refractivity contribution >= 4 is 29.1 Å². The van der Waals surface area contributed by atoms with E-state index in [0.29, 0.717) is 23.0 Å². The summed E-state index contributed by atoms with van der Waals surface area (Å²) >= 11 is 6.02. The SMILES string of the molecule is CC(=O)Nc1ccc(Cl)c(C(=O)NC(CO)CC(C)C)c1. The fourth-order valence-electron chi connectivity index (χ4n) is 1.99. The predicted molar refractivity (Wildman–Crippen MR) is 83.6 cm³/mol.